The predicted molar refractivity (Wildman–Crippen MR) is 97.9 cm³/mol. The van der Waals surface area contributed by atoms with Crippen LogP contribution in [0.3, 0.4) is 0 Å². The minimum absolute atomic E-state index is 0.0203. The van der Waals surface area contributed by atoms with Crippen LogP contribution < -0.4 is 9.47 Å². The number of para-hydroxylation sites is 1. The van der Waals surface area contributed by atoms with E-state index in [2.05, 4.69) is 12.1 Å². The summed E-state index contributed by atoms with van der Waals surface area (Å²) >= 11 is 0. The molecule has 1 atom stereocenters. The highest BCUT2D eigenvalue weighted by Crippen LogP contribution is 2.59. The Labute approximate surface area is 151 Å². The van der Waals surface area contributed by atoms with E-state index in [0.717, 1.165) is 22.4 Å². The second kappa shape index (κ2) is 5.11. The Morgan fingerprint density at radius 1 is 0.962 bits per heavy atom. The molecule has 0 aliphatic carbocycles. The third-order valence-corrected chi connectivity index (χ3v) is 5.42. The van der Waals surface area contributed by atoms with Crippen LogP contribution in [-0.4, -0.2) is 25.0 Å². The van der Waals surface area contributed by atoms with Gasteiger partial charge < -0.3 is 14.4 Å². The Kier molecular flexibility index (Phi) is 2.95. The lowest BCUT2D eigenvalue weighted by Gasteiger charge is -2.42. The van der Waals surface area contributed by atoms with E-state index in [1.807, 2.05) is 60.5 Å². The molecule has 1 amide bonds. The molecule has 5 rings (SSSR count). The van der Waals surface area contributed by atoms with E-state index < -0.39 is 5.54 Å². The maximum atomic E-state index is 13.2. The van der Waals surface area contributed by atoms with Crippen LogP contribution in [0.1, 0.15) is 27.0 Å². The summed E-state index contributed by atoms with van der Waals surface area (Å²) in [7, 11) is 3.47. The molecular formula is C22H17NO3. The summed E-state index contributed by atoms with van der Waals surface area (Å²) in [5.41, 5.74) is 2.77. The van der Waals surface area contributed by atoms with Crippen LogP contribution in [0, 0.1) is 0 Å². The molecular weight excluding hydrogens is 326 g/mol. The molecule has 3 aromatic rings. The zero-order valence-corrected chi connectivity index (χ0v) is 14.5. The van der Waals surface area contributed by atoms with E-state index in [1.165, 1.54) is 0 Å². The summed E-state index contributed by atoms with van der Waals surface area (Å²) in [6, 6.07) is 21.6. The number of ether oxygens (including phenoxy) is 2. The highest BCUT2D eigenvalue weighted by Gasteiger charge is 2.56. The highest BCUT2D eigenvalue weighted by molar-refractivity contribution is 6.03. The van der Waals surface area contributed by atoms with Gasteiger partial charge in [0, 0.05) is 23.7 Å². The number of benzene rings is 3. The quantitative estimate of drug-likeness (QED) is 0.701. The molecule has 0 aromatic heterocycles. The monoisotopic (exact) mass is 343 g/mol. The highest BCUT2D eigenvalue weighted by atomic mass is 16.5. The van der Waals surface area contributed by atoms with Crippen LogP contribution in [-0.2, 0) is 5.54 Å². The van der Waals surface area contributed by atoms with Gasteiger partial charge in [-0.1, -0.05) is 48.5 Å². The smallest absolute Gasteiger partial charge is 0.255 e. The number of methoxy groups -OCH3 is 1. The van der Waals surface area contributed by atoms with Gasteiger partial charge in [-0.15, -0.1) is 0 Å². The minimum atomic E-state index is -0.730. The maximum absolute atomic E-state index is 13.2. The molecule has 0 fully saturated rings. The van der Waals surface area contributed by atoms with Crippen molar-refractivity contribution in [2.75, 3.05) is 14.2 Å². The Hall–Kier alpha value is -3.27. The largest absolute Gasteiger partial charge is 0.493 e. The molecule has 2 aliphatic heterocycles. The summed E-state index contributed by atoms with van der Waals surface area (Å²) in [5.74, 6) is 1.96. The van der Waals surface area contributed by atoms with E-state index in [1.54, 1.807) is 13.2 Å². The number of hydrogen-bond acceptors (Lipinski definition) is 3. The molecule has 0 saturated heterocycles. The van der Waals surface area contributed by atoms with E-state index in [9.17, 15) is 4.79 Å². The topological polar surface area (TPSA) is 38.8 Å². The van der Waals surface area contributed by atoms with Gasteiger partial charge in [-0.3, -0.25) is 4.79 Å². The van der Waals surface area contributed by atoms with Crippen LogP contribution in [0.5, 0.6) is 17.2 Å². The standard InChI is InChI=1S/C22H17NO3/c1-23-21(24)15-12-13-18(25-2)20-19(15)22(23,14-8-4-3-5-9-14)16-10-6-7-11-17(16)26-20/h3-13H,1-2H3. The number of carbonyl (C=O) groups is 1. The van der Waals surface area contributed by atoms with Crippen molar-refractivity contribution in [3.05, 3.63) is 89.0 Å². The third kappa shape index (κ3) is 1.61. The molecule has 4 heteroatoms. The Morgan fingerprint density at radius 2 is 1.69 bits per heavy atom. The number of amides is 1. The summed E-state index contributed by atoms with van der Waals surface area (Å²) in [5, 5.41) is 0. The van der Waals surface area contributed by atoms with Gasteiger partial charge in [0.05, 0.1) is 7.11 Å². The van der Waals surface area contributed by atoms with Gasteiger partial charge in [-0.05, 0) is 23.8 Å². The first-order chi connectivity index (χ1) is 12.7. The van der Waals surface area contributed by atoms with E-state index in [0.29, 0.717) is 17.1 Å². The normalized spacial score (nSPS) is 19.6. The summed E-state index contributed by atoms with van der Waals surface area (Å²) in [6.45, 7) is 0. The van der Waals surface area contributed by atoms with Gasteiger partial charge in [-0.25, -0.2) is 0 Å². The lowest BCUT2D eigenvalue weighted by atomic mass is 9.75. The van der Waals surface area contributed by atoms with Gasteiger partial charge in [0.25, 0.3) is 5.91 Å². The first kappa shape index (κ1) is 15.0. The number of nitrogens with zero attached hydrogens (tertiary/aromatic N) is 1. The second-order valence-corrected chi connectivity index (χ2v) is 6.56. The zero-order valence-electron chi connectivity index (χ0n) is 14.5. The Bertz CT molecular complexity index is 1040. The molecule has 0 bridgehead atoms. The molecule has 0 spiro atoms. The van der Waals surface area contributed by atoms with Crippen molar-refractivity contribution in [1.82, 2.24) is 4.90 Å². The van der Waals surface area contributed by atoms with Crippen molar-refractivity contribution in [1.29, 1.82) is 0 Å². The molecule has 3 aromatic carbocycles. The van der Waals surface area contributed by atoms with Crippen molar-refractivity contribution < 1.29 is 14.3 Å². The average Bonchev–Trinajstić information content (AvgIpc) is 2.93. The molecule has 2 aliphatic rings. The fourth-order valence-corrected chi connectivity index (χ4v) is 4.32. The summed E-state index contributed by atoms with van der Waals surface area (Å²) < 4.78 is 11.8. The first-order valence-electron chi connectivity index (χ1n) is 8.52. The number of fused-ring (bicyclic) bond motifs is 2. The van der Waals surface area contributed by atoms with Crippen LogP contribution in [0.2, 0.25) is 0 Å². The summed E-state index contributed by atoms with van der Waals surface area (Å²) in [4.78, 5) is 15.0. The minimum Gasteiger partial charge on any atom is -0.493 e. The van der Waals surface area contributed by atoms with E-state index in [4.69, 9.17) is 9.47 Å². The van der Waals surface area contributed by atoms with Gasteiger partial charge in [0.2, 0.25) is 0 Å². The van der Waals surface area contributed by atoms with E-state index >= 15 is 0 Å². The summed E-state index contributed by atoms with van der Waals surface area (Å²) in [6.07, 6.45) is 0. The number of hydrogen-bond donors (Lipinski definition) is 0. The van der Waals surface area contributed by atoms with Crippen LogP contribution >= 0.6 is 0 Å². The predicted octanol–water partition coefficient (Wildman–Crippen LogP) is 4.18. The van der Waals surface area contributed by atoms with Crippen molar-refractivity contribution in [3.63, 3.8) is 0 Å². The number of rotatable bonds is 2. The fraction of sp³-hybridized carbons (Fsp3) is 0.136. The van der Waals surface area contributed by atoms with Crippen molar-refractivity contribution in [2.45, 2.75) is 5.54 Å². The molecule has 4 nitrogen and oxygen atoms in total. The first-order valence-corrected chi connectivity index (χ1v) is 8.52. The van der Waals surface area contributed by atoms with Gasteiger partial charge in [0.1, 0.15) is 11.3 Å². The van der Waals surface area contributed by atoms with Gasteiger partial charge in [-0.2, -0.15) is 0 Å². The molecule has 0 N–H and O–H groups in total. The second-order valence-electron chi connectivity index (χ2n) is 6.56. The Balaban J connectivity index is 1.98. The molecule has 0 saturated carbocycles. The van der Waals surface area contributed by atoms with Gasteiger partial charge >= 0.3 is 0 Å². The molecule has 0 radical (unpaired) electrons. The lowest BCUT2D eigenvalue weighted by Crippen LogP contribution is -2.44. The zero-order chi connectivity index (χ0) is 17.9. The lowest BCUT2D eigenvalue weighted by molar-refractivity contribution is 0.0730. The maximum Gasteiger partial charge on any atom is 0.255 e. The molecule has 2 heterocycles. The van der Waals surface area contributed by atoms with Crippen molar-refractivity contribution in [3.8, 4) is 17.2 Å². The SMILES string of the molecule is COc1ccc2c3c1Oc1ccccc1C3(c1ccccc1)N(C)C2=O. The van der Waals surface area contributed by atoms with Gasteiger partial charge in [0.15, 0.2) is 11.5 Å². The number of carbonyl (C=O) groups excluding carboxylic acids is 1. The van der Waals surface area contributed by atoms with Crippen molar-refractivity contribution >= 4 is 5.91 Å². The average molecular weight is 343 g/mol. The van der Waals surface area contributed by atoms with Crippen LogP contribution in [0.25, 0.3) is 0 Å². The van der Waals surface area contributed by atoms with Crippen molar-refractivity contribution in [2.24, 2.45) is 0 Å². The van der Waals surface area contributed by atoms with E-state index in [-0.39, 0.29) is 5.91 Å². The van der Waals surface area contributed by atoms with Crippen LogP contribution in [0.15, 0.2) is 66.7 Å². The molecule has 1 unspecified atom stereocenters. The fourth-order valence-electron chi connectivity index (χ4n) is 4.32. The Morgan fingerprint density at radius 3 is 2.46 bits per heavy atom. The molecule has 26 heavy (non-hydrogen) atoms. The third-order valence-electron chi connectivity index (χ3n) is 5.42. The molecule has 128 valence electrons. The van der Waals surface area contributed by atoms with Crippen LogP contribution in [0.4, 0.5) is 0 Å².